The van der Waals surface area contributed by atoms with Crippen LogP contribution in [0.4, 0.5) is 0 Å². The monoisotopic (exact) mass is 431 g/mol. The van der Waals surface area contributed by atoms with Gasteiger partial charge in [-0.15, -0.1) is 0 Å². The SMILES string of the molecule is OC[C@H]1O[C@@H](Oc2c[nH]c3ccc(Br)c(Cl)c23)[C@H](O)[C@@H](O)[C@@H]1O.[NaH]. The molecule has 1 aliphatic rings. The first kappa shape index (κ1) is 20.4. The van der Waals surface area contributed by atoms with Crippen LogP contribution >= 0.6 is 27.5 Å². The summed E-state index contributed by atoms with van der Waals surface area (Å²) in [6, 6.07) is 3.57. The Morgan fingerprint density at radius 2 is 1.92 bits per heavy atom. The summed E-state index contributed by atoms with van der Waals surface area (Å²) in [5.74, 6) is 0.315. The summed E-state index contributed by atoms with van der Waals surface area (Å²) >= 11 is 9.58. The molecule has 1 aromatic heterocycles. The number of benzene rings is 1. The number of rotatable bonds is 3. The Hall–Kier alpha value is 0.130. The maximum absolute atomic E-state index is 10.0. The molecule has 3 rings (SSSR count). The molecule has 1 saturated heterocycles. The number of fused-ring (bicyclic) bond motifs is 1. The van der Waals surface area contributed by atoms with Crippen LogP contribution in [0.25, 0.3) is 10.9 Å². The predicted molar refractivity (Wildman–Crippen MR) is 92.6 cm³/mol. The Kier molecular flexibility index (Phi) is 7.00. The van der Waals surface area contributed by atoms with Crippen molar-refractivity contribution < 1.29 is 29.9 Å². The molecule has 0 spiro atoms. The Morgan fingerprint density at radius 3 is 2.58 bits per heavy atom. The zero-order chi connectivity index (χ0) is 16.7. The van der Waals surface area contributed by atoms with Crippen molar-refractivity contribution >= 4 is 68.0 Å². The number of aromatic amines is 1. The van der Waals surface area contributed by atoms with Gasteiger partial charge >= 0.3 is 29.6 Å². The molecule has 1 aliphatic heterocycles. The number of ether oxygens (including phenoxy) is 2. The number of aliphatic hydroxyl groups is 4. The van der Waals surface area contributed by atoms with Gasteiger partial charge in [-0.05, 0) is 28.1 Å². The number of halogens is 2. The molecule has 5 N–H and O–H groups in total. The van der Waals surface area contributed by atoms with Crippen molar-refractivity contribution in [3.05, 3.63) is 27.8 Å². The third-order valence-corrected chi connectivity index (χ3v) is 5.07. The number of aliphatic hydroxyl groups excluding tert-OH is 4. The molecular weight excluding hydrogens is 417 g/mol. The van der Waals surface area contributed by atoms with Crippen LogP contribution in [0.15, 0.2) is 22.8 Å². The van der Waals surface area contributed by atoms with Gasteiger partial charge in [0.25, 0.3) is 0 Å². The van der Waals surface area contributed by atoms with Crippen LogP contribution in [0.2, 0.25) is 5.02 Å². The minimum atomic E-state index is -1.50. The first-order chi connectivity index (χ1) is 10.9. The maximum atomic E-state index is 10.0. The van der Waals surface area contributed by atoms with Crippen LogP contribution in [0.3, 0.4) is 0 Å². The van der Waals surface area contributed by atoms with Gasteiger partial charge in [-0.3, -0.25) is 0 Å². The van der Waals surface area contributed by atoms with E-state index >= 15 is 0 Å². The molecule has 10 heteroatoms. The van der Waals surface area contributed by atoms with E-state index in [1.807, 2.05) is 0 Å². The van der Waals surface area contributed by atoms with Crippen LogP contribution < -0.4 is 4.74 Å². The second-order valence-electron chi connectivity index (χ2n) is 5.25. The van der Waals surface area contributed by atoms with Crippen LogP contribution in [-0.4, -0.2) is 92.3 Å². The molecule has 1 aromatic carbocycles. The molecule has 0 aliphatic carbocycles. The fraction of sp³-hybridized carbons (Fsp3) is 0.429. The van der Waals surface area contributed by atoms with Gasteiger partial charge in [-0.2, -0.15) is 0 Å². The summed E-state index contributed by atoms with van der Waals surface area (Å²) in [6.45, 7) is -0.523. The quantitative estimate of drug-likeness (QED) is 0.440. The Bertz CT molecular complexity index is 714. The van der Waals surface area contributed by atoms with Crippen molar-refractivity contribution in [2.75, 3.05) is 6.61 Å². The molecule has 0 bridgehead atoms. The summed E-state index contributed by atoms with van der Waals surface area (Å²) in [7, 11) is 0. The van der Waals surface area contributed by atoms with Gasteiger partial charge in [-0.1, -0.05) is 11.6 Å². The van der Waals surface area contributed by atoms with E-state index in [2.05, 4.69) is 20.9 Å². The molecule has 2 heterocycles. The van der Waals surface area contributed by atoms with Gasteiger partial charge in [0, 0.05) is 10.7 Å². The Balaban J connectivity index is 0.00000208. The summed E-state index contributed by atoms with van der Waals surface area (Å²) < 4.78 is 11.6. The van der Waals surface area contributed by atoms with Crippen LogP contribution in [0, 0.1) is 0 Å². The summed E-state index contributed by atoms with van der Waals surface area (Å²) in [4.78, 5) is 2.98. The summed E-state index contributed by atoms with van der Waals surface area (Å²) in [5, 5.41) is 39.8. The fourth-order valence-electron chi connectivity index (χ4n) is 2.51. The predicted octanol–water partition coefficient (Wildman–Crippen LogP) is 0.114. The molecule has 0 unspecified atom stereocenters. The number of nitrogens with one attached hydrogen (secondary N) is 1. The van der Waals surface area contributed by atoms with Gasteiger partial charge in [0.15, 0.2) is 0 Å². The van der Waals surface area contributed by atoms with E-state index in [9.17, 15) is 20.4 Å². The molecule has 2 aromatic rings. The molecule has 24 heavy (non-hydrogen) atoms. The van der Waals surface area contributed by atoms with E-state index in [1.165, 1.54) is 0 Å². The summed E-state index contributed by atoms with van der Waals surface area (Å²) in [6.07, 6.45) is -5.17. The van der Waals surface area contributed by atoms with Crippen LogP contribution in [0.1, 0.15) is 0 Å². The normalized spacial score (nSPS) is 30.2. The number of hydrogen-bond acceptors (Lipinski definition) is 6. The van der Waals surface area contributed by atoms with Crippen molar-refractivity contribution in [3.8, 4) is 5.75 Å². The van der Waals surface area contributed by atoms with E-state index in [1.54, 1.807) is 18.3 Å². The number of aromatic nitrogens is 1. The van der Waals surface area contributed by atoms with Crippen LogP contribution in [0.5, 0.6) is 5.75 Å². The molecule has 5 atom stereocenters. The molecule has 0 radical (unpaired) electrons. The fourth-order valence-corrected chi connectivity index (χ4v) is 3.10. The summed E-state index contributed by atoms with van der Waals surface area (Å²) in [5.41, 5.74) is 0.720. The van der Waals surface area contributed by atoms with Gasteiger partial charge in [0.1, 0.15) is 30.2 Å². The van der Waals surface area contributed by atoms with Crippen LogP contribution in [-0.2, 0) is 4.74 Å². The Labute approximate surface area is 172 Å². The first-order valence-electron chi connectivity index (χ1n) is 6.86. The van der Waals surface area contributed by atoms with E-state index in [0.29, 0.717) is 20.6 Å². The first-order valence-corrected chi connectivity index (χ1v) is 8.03. The number of H-pyrrole nitrogens is 1. The third-order valence-electron chi connectivity index (χ3n) is 3.79. The van der Waals surface area contributed by atoms with E-state index in [0.717, 1.165) is 5.52 Å². The Morgan fingerprint density at radius 1 is 1.21 bits per heavy atom. The second-order valence-corrected chi connectivity index (χ2v) is 6.48. The minimum absolute atomic E-state index is 0. The van der Waals surface area contributed by atoms with E-state index in [4.69, 9.17) is 21.1 Å². The van der Waals surface area contributed by atoms with Crippen molar-refractivity contribution in [1.29, 1.82) is 0 Å². The second kappa shape index (κ2) is 8.22. The molecule has 0 saturated carbocycles. The van der Waals surface area contributed by atoms with E-state index in [-0.39, 0.29) is 29.6 Å². The van der Waals surface area contributed by atoms with Crippen molar-refractivity contribution in [2.24, 2.45) is 0 Å². The molecule has 128 valence electrons. The van der Waals surface area contributed by atoms with Crippen molar-refractivity contribution in [1.82, 2.24) is 4.98 Å². The molecule has 7 nitrogen and oxygen atoms in total. The average molecular weight is 433 g/mol. The van der Waals surface area contributed by atoms with Crippen molar-refractivity contribution in [3.63, 3.8) is 0 Å². The third kappa shape index (κ3) is 3.64. The zero-order valence-electron chi connectivity index (χ0n) is 11.7. The zero-order valence-corrected chi connectivity index (χ0v) is 14.0. The van der Waals surface area contributed by atoms with Gasteiger partial charge < -0.3 is 34.9 Å². The van der Waals surface area contributed by atoms with Gasteiger partial charge in [0.2, 0.25) is 6.29 Å². The average Bonchev–Trinajstić information content (AvgIpc) is 2.95. The van der Waals surface area contributed by atoms with Gasteiger partial charge in [0.05, 0.1) is 22.5 Å². The topological polar surface area (TPSA) is 115 Å². The van der Waals surface area contributed by atoms with E-state index < -0.39 is 37.3 Å². The van der Waals surface area contributed by atoms with Crippen molar-refractivity contribution in [2.45, 2.75) is 30.7 Å². The van der Waals surface area contributed by atoms with Gasteiger partial charge in [-0.25, -0.2) is 0 Å². The molecule has 0 amide bonds. The molecular formula is C14H16BrClNNaO6. The molecule has 1 fully saturated rings. The number of hydrogen-bond donors (Lipinski definition) is 5. The standard InChI is InChI=1S/C14H15BrClNO6.Na.H/c15-5-1-2-6-9(10(5)16)7(3-17-6)22-14-13(21)12(20)11(19)8(4-18)23-14;;/h1-3,8,11-14,17-21H,4H2;;/t8-,11-,12+,13-,14-;;/m1../s1.